The number of nitrogens with one attached hydrogen (secondary N) is 1. The van der Waals surface area contributed by atoms with Gasteiger partial charge < -0.3 is 15.1 Å². The van der Waals surface area contributed by atoms with E-state index in [-0.39, 0.29) is 23.8 Å². The number of nitrogens with two attached hydrogens (primary N) is 1. The Labute approximate surface area is 116 Å². The van der Waals surface area contributed by atoms with Gasteiger partial charge in [0.15, 0.2) is 0 Å². The predicted octanol–water partition coefficient (Wildman–Crippen LogP) is 1.27. The van der Waals surface area contributed by atoms with Crippen LogP contribution in [0.4, 0.5) is 5.82 Å². The highest BCUT2D eigenvalue weighted by atomic mass is 35.5. The van der Waals surface area contributed by atoms with Gasteiger partial charge in [0, 0.05) is 13.1 Å². The van der Waals surface area contributed by atoms with Crippen LogP contribution in [0.3, 0.4) is 0 Å². The summed E-state index contributed by atoms with van der Waals surface area (Å²) in [7, 11) is 0. The van der Waals surface area contributed by atoms with E-state index < -0.39 is 0 Å². The number of hydrogen-bond acceptors (Lipinski definition) is 5. The van der Waals surface area contributed by atoms with Crippen LogP contribution in [0.25, 0.3) is 0 Å². The quantitative estimate of drug-likeness (QED) is 0.631. The Morgan fingerprint density at radius 1 is 1.47 bits per heavy atom. The number of pyridine rings is 1. The van der Waals surface area contributed by atoms with Gasteiger partial charge in [-0.25, -0.2) is 10.8 Å². The molecule has 0 spiro atoms. The lowest BCUT2D eigenvalue weighted by molar-refractivity contribution is -0.0587. The number of hydrogen-bond donors (Lipinski definition) is 2. The van der Waals surface area contributed by atoms with Gasteiger partial charge in [0.05, 0.1) is 17.2 Å². The van der Waals surface area contributed by atoms with Crippen molar-refractivity contribution >= 4 is 23.3 Å². The van der Waals surface area contributed by atoms with Crippen LogP contribution in [0, 0.1) is 0 Å². The molecule has 19 heavy (non-hydrogen) atoms. The molecule has 1 aliphatic heterocycles. The fourth-order valence-electron chi connectivity index (χ4n) is 2.17. The fourth-order valence-corrected chi connectivity index (χ4v) is 2.35. The average molecular weight is 285 g/mol. The van der Waals surface area contributed by atoms with E-state index >= 15 is 0 Å². The molecular formula is C12H17ClN4O2. The highest BCUT2D eigenvalue weighted by Gasteiger charge is 2.28. The van der Waals surface area contributed by atoms with Crippen LogP contribution in [0.5, 0.6) is 0 Å². The van der Waals surface area contributed by atoms with Crippen molar-refractivity contribution in [2.75, 3.05) is 18.5 Å². The fraction of sp³-hybridized carbons (Fsp3) is 0.500. The number of carbonyl (C=O) groups is 1. The first kappa shape index (κ1) is 14.0. The second-order valence-corrected chi connectivity index (χ2v) is 5.05. The number of nitrogen functional groups attached to an aromatic ring is 1. The van der Waals surface area contributed by atoms with Gasteiger partial charge in [-0.15, -0.1) is 0 Å². The van der Waals surface area contributed by atoms with E-state index in [1.54, 1.807) is 17.0 Å². The highest BCUT2D eigenvalue weighted by molar-refractivity contribution is 6.33. The summed E-state index contributed by atoms with van der Waals surface area (Å²) in [4.78, 5) is 18.3. The van der Waals surface area contributed by atoms with Gasteiger partial charge in [-0.2, -0.15) is 0 Å². The van der Waals surface area contributed by atoms with Gasteiger partial charge in [0.25, 0.3) is 5.91 Å². The molecule has 1 fully saturated rings. The molecule has 7 heteroatoms. The zero-order valence-corrected chi connectivity index (χ0v) is 11.6. The molecule has 1 saturated heterocycles. The van der Waals surface area contributed by atoms with Crippen molar-refractivity contribution in [3.8, 4) is 0 Å². The molecule has 1 amide bonds. The smallest absolute Gasteiger partial charge is 0.274 e. The van der Waals surface area contributed by atoms with Gasteiger partial charge in [-0.1, -0.05) is 11.6 Å². The maximum absolute atomic E-state index is 12.4. The minimum atomic E-state index is -0.205. The van der Waals surface area contributed by atoms with Crippen LogP contribution in [0.2, 0.25) is 5.02 Å². The second-order valence-electron chi connectivity index (χ2n) is 4.64. The lowest BCUT2D eigenvalue weighted by Crippen LogP contribution is -2.48. The van der Waals surface area contributed by atoms with Crippen molar-refractivity contribution in [3.63, 3.8) is 0 Å². The zero-order chi connectivity index (χ0) is 14.0. The predicted molar refractivity (Wildman–Crippen MR) is 73.0 cm³/mol. The Morgan fingerprint density at radius 3 is 2.68 bits per heavy atom. The van der Waals surface area contributed by atoms with E-state index in [0.717, 1.165) is 0 Å². The molecule has 2 rings (SSSR count). The number of morpholine rings is 1. The molecule has 6 nitrogen and oxygen atoms in total. The van der Waals surface area contributed by atoms with E-state index in [9.17, 15) is 4.79 Å². The molecule has 1 aromatic heterocycles. The van der Waals surface area contributed by atoms with E-state index in [0.29, 0.717) is 23.9 Å². The largest absolute Gasteiger partial charge is 0.372 e. The van der Waals surface area contributed by atoms with Crippen molar-refractivity contribution in [2.24, 2.45) is 5.84 Å². The number of nitrogens with zero attached hydrogens (tertiary/aromatic N) is 2. The van der Waals surface area contributed by atoms with E-state index in [4.69, 9.17) is 22.2 Å². The maximum Gasteiger partial charge on any atom is 0.274 e. The number of carbonyl (C=O) groups excluding carboxylic acids is 1. The van der Waals surface area contributed by atoms with E-state index in [1.165, 1.54) is 0 Å². The molecule has 1 aliphatic rings. The standard InChI is InChI=1S/C12H17ClN4O2/c1-7-5-17(6-8(2)19-7)12(18)11-9(13)3-4-10(15-11)16-14/h3-4,7-8H,5-6,14H2,1-2H3,(H,15,16). The normalized spacial score (nSPS) is 23.3. The Bertz CT molecular complexity index is 473. The molecule has 104 valence electrons. The SMILES string of the molecule is CC1CN(C(=O)c2nc(NN)ccc2Cl)CC(C)O1. The molecule has 2 heterocycles. The number of anilines is 1. The zero-order valence-electron chi connectivity index (χ0n) is 10.9. The summed E-state index contributed by atoms with van der Waals surface area (Å²) in [5.41, 5.74) is 2.61. The first-order valence-corrected chi connectivity index (χ1v) is 6.47. The van der Waals surface area contributed by atoms with Crippen molar-refractivity contribution < 1.29 is 9.53 Å². The van der Waals surface area contributed by atoms with Crippen LogP contribution < -0.4 is 11.3 Å². The topological polar surface area (TPSA) is 80.5 Å². The minimum Gasteiger partial charge on any atom is -0.372 e. The summed E-state index contributed by atoms with van der Waals surface area (Å²) < 4.78 is 5.60. The number of halogens is 1. The molecule has 0 aromatic carbocycles. The summed E-state index contributed by atoms with van der Waals surface area (Å²) in [5.74, 6) is 5.49. The Balaban J connectivity index is 2.23. The lowest BCUT2D eigenvalue weighted by atomic mass is 10.2. The van der Waals surface area contributed by atoms with E-state index in [2.05, 4.69) is 10.4 Å². The number of ether oxygens (including phenoxy) is 1. The second kappa shape index (κ2) is 5.73. The lowest BCUT2D eigenvalue weighted by Gasteiger charge is -2.35. The van der Waals surface area contributed by atoms with Crippen LogP contribution >= 0.6 is 11.6 Å². The van der Waals surface area contributed by atoms with Crippen LogP contribution in [-0.2, 0) is 4.74 Å². The monoisotopic (exact) mass is 284 g/mol. The van der Waals surface area contributed by atoms with E-state index in [1.807, 2.05) is 13.8 Å². The summed E-state index contributed by atoms with van der Waals surface area (Å²) in [6.07, 6.45) is 0.00424. The van der Waals surface area contributed by atoms with Crippen LogP contribution in [0.1, 0.15) is 24.3 Å². The van der Waals surface area contributed by atoms with Gasteiger partial charge in [0.2, 0.25) is 0 Å². The summed E-state index contributed by atoms with van der Waals surface area (Å²) in [5, 5.41) is 0.316. The molecule has 1 aromatic rings. The van der Waals surface area contributed by atoms with Gasteiger partial charge >= 0.3 is 0 Å². The molecule has 0 radical (unpaired) electrons. The van der Waals surface area contributed by atoms with Gasteiger partial charge in [0.1, 0.15) is 11.5 Å². The molecule has 0 bridgehead atoms. The van der Waals surface area contributed by atoms with Crippen molar-refractivity contribution in [3.05, 3.63) is 22.8 Å². The van der Waals surface area contributed by atoms with Crippen molar-refractivity contribution in [2.45, 2.75) is 26.1 Å². The molecular weight excluding hydrogens is 268 g/mol. The molecule has 2 unspecified atom stereocenters. The number of hydrazine groups is 1. The summed E-state index contributed by atoms with van der Waals surface area (Å²) >= 11 is 6.03. The first-order valence-electron chi connectivity index (χ1n) is 6.09. The molecule has 2 atom stereocenters. The molecule has 0 saturated carbocycles. The number of aromatic nitrogens is 1. The molecule has 0 aliphatic carbocycles. The average Bonchev–Trinajstić information content (AvgIpc) is 2.37. The van der Waals surface area contributed by atoms with Crippen LogP contribution in [-0.4, -0.2) is 41.1 Å². The van der Waals surface area contributed by atoms with Gasteiger partial charge in [-0.05, 0) is 26.0 Å². The summed E-state index contributed by atoms with van der Waals surface area (Å²) in [6, 6.07) is 3.22. The van der Waals surface area contributed by atoms with Crippen LogP contribution in [0.15, 0.2) is 12.1 Å². The number of amides is 1. The number of rotatable bonds is 2. The highest BCUT2D eigenvalue weighted by Crippen LogP contribution is 2.20. The third-order valence-electron chi connectivity index (χ3n) is 2.90. The Hall–Kier alpha value is -1.37. The summed E-state index contributed by atoms with van der Waals surface area (Å²) in [6.45, 7) is 4.93. The Kier molecular flexibility index (Phi) is 4.24. The third kappa shape index (κ3) is 3.15. The molecule has 3 N–H and O–H groups in total. The van der Waals surface area contributed by atoms with Crippen molar-refractivity contribution in [1.29, 1.82) is 0 Å². The maximum atomic E-state index is 12.4. The minimum absolute atomic E-state index is 0.00212. The Morgan fingerprint density at radius 2 is 2.11 bits per heavy atom. The first-order chi connectivity index (χ1) is 9.01. The van der Waals surface area contributed by atoms with Gasteiger partial charge in [-0.3, -0.25) is 4.79 Å². The van der Waals surface area contributed by atoms with Crippen molar-refractivity contribution in [1.82, 2.24) is 9.88 Å². The third-order valence-corrected chi connectivity index (χ3v) is 3.21.